The SMILES string of the molecule is N#Cc1cc(-n2c3ccc(-c4ccccc4)cc3c3cc(-c4ccccc4)ccc32)c(-n2c3ccc(-c4ccccc4)cc3c3cc(-c4ccccc4)ccc32)cc1C#N. The van der Waals surface area contributed by atoms with Gasteiger partial charge in [0.1, 0.15) is 12.1 Å². The molecular formula is C56H34N4. The predicted molar refractivity (Wildman–Crippen MR) is 246 cm³/mol. The Labute approximate surface area is 347 Å². The second-order valence-corrected chi connectivity index (χ2v) is 15.2. The second kappa shape index (κ2) is 14.2. The van der Waals surface area contributed by atoms with Crippen LogP contribution in [0.15, 0.2) is 206 Å². The zero-order valence-corrected chi connectivity index (χ0v) is 32.4. The average molecular weight is 763 g/mol. The van der Waals surface area contributed by atoms with Crippen molar-refractivity contribution in [3.05, 3.63) is 217 Å². The number of hydrogen-bond acceptors (Lipinski definition) is 2. The van der Waals surface area contributed by atoms with Crippen molar-refractivity contribution in [2.75, 3.05) is 0 Å². The van der Waals surface area contributed by atoms with Gasteiger partial charge in [0.05, 0.1) is 44.6 Å². The Bertz CT molecular complexity index is 3100. The van der Waals surface area contributed by atoms with Crippen molar-refractivity contribution < 1.29 is 0 Å². The topological polar surface area (TPSA) is 57.4 Å². The lowest BCUT2D eigenvalue weighted by molar-refractivity contribution is 1.09. The molecule has 0 aliphatic rings. The van der Waals surface area contributed by atoms with E-state index in [-0.39, 0.29) is 0 Å². The van der Waals surface area contributed by atoms with Crippen LogP contribution in [0.5, 0.6) is 0 Å². The molecule has 11 rings (SSSR count). The predicted octanol–water partition coefficient (Wildman–Crippen LogP) is 14.3. The van der Waals surface area contributed by atoms with Crippen LogP contribution in [-0.4, -0.2) is 9.13 Å². The van der Waals surface area contributed by atoms with Crippen LogP contribution in [-0.2, 0) is 0 Å². The normalized spacial score (nSPS) is 11.3. The summed E-state index contributed by atoms with van der Waals surface area (Å²) >= 11 is 0. The van der Waals surface area contributed by atoms with Gasteiger partial charge in [-0.05, 0) is 105 Å². The Balaban J connectivity index is 1.24. The summed E-state index contributed by atoms with van der Waals surface area (Å²) in [6.07, 6.45) is 0. The first-order valence-corrected chi connectivity index (χ1v) is 20.0. The van der Waals surface area contributed by atoms with Crippen molar-refractivity contribution in [1.82, 2.24) is 9.13 Å². The van der Waals surface area contributed by atoms with E-state index in [1.54, 1.807) is 0 Å². The van der Waals surface area contributed by atoms with E-state index in [4.69, 9.17) is 0 Å². The Morgan fingerprint density at radius 1 is 0.267 bits per heavy atom. The Hall–Kier alpha value is -8.44. The zero-order valence-electron chi connectivity index (χ0n) is 32.4. The molecule has 60 heavy (non-hydrogen) atoms. The molecule has 0 bridgehead atoms. The van der Waals surface area contributed by atoms with E-state index in [1.165, 1.54) is 0 Å². The molecule has 0 saturated carbocycles. The standard InChI is InChI=1S/C56H34N4/c57-35-45-33-55(59-51-25-21-41(37-13-5-1-6-14-37)29-47(51)48-30-42(22-26-52(48)59)38-15-7-2-8-16-38)56(34-46(45)36-58)60-53-27-23-43(39-17-9-3-10-18-39)31-49(53)50-32-44(24-28-54(50)60)40-19-11-4-12-20-40/h1-34H. The van der Waals surface area contributed by atoms with Crippen LogP contribution in [0.25, 0.3) is 99.5 Å². The highest BCUT2D eigenvalue weighted by atomic mass is 15.1. The minimum absolute atomic E-state index is 0.326. The smallest absolute Gasteiger partial charge is 0.101 e. The summed E-state index contributed by atoms with van der Waals surface area (Å²) in [5, 5.41) is 25.5. The molecule has 2 aromatic heterocycles. The van der Waals surface area contributed by atoms with E-state index in [9.17, 15) is 10.5 Å². The molecule has 4 heteroatoms. The monoisotopic (exact) mass is 762 g/mol. The highest BCUT2D eigenvalue weighted by Crippen LogP contribution is 2.43. The van der Waals surface area contributed by atoms with Crippen molar-refractivity contribution in [1.29, 1.82) is 10.5 Å². The molecule has 0 aliphatic heterocycles. The molecular weight excluding hydrogens is 729 g/mol. The number of nitrogens with zero attached hydrogens (tertiary/aromatic N) is 4. The summed E-state index contributed by atoms with van der Waals surface area (Å²) in [6, 6.07) is 77.0. The third kappa shape index (κ3) is 5.67. The molecule has 0 saturated heterocycles. The number of fused-ring (bicyclic) bond motifs is 6. The molecule has 9 aromatic carbocycles. The lowest BCUT2D eigenvalue weighted by Crippen LogP contribution is -2.05. The van der Waals surface area contributed by atoms with E-state index in [2.05, 4.69) is 191 Å². The number of hydrogen-bond donors (Lipinski definition) is 0. The Morgan fingerprint density at radius 3 is 0.750 bits per heavy atom. The molecule has 11 aromatic rings. The van der Waals surface area contributed by atoms with E-state index in [0.717, 1.165) is 99.5 Å². The van der Waals surface area contributed by atoms with Gasteiger partial charge in [0.25, 0.3) is 0 Å². The van der Waals surface area contributed by atoms with Crippen molar-refractivity contribution in [3.8, 4) is 68.0 Å². The van der Waals surface area contributed by atoms with Crippen LogP contribution in [0.4, 0.5) is 0 Å². The van der Waals surface area contributed by atoms with E-state index >= 15 is 0 Å². The number of aromatic nitrogens is 2. The quantitative estimate of drug-likeness (QED) is 0.169. The summed E-state index contributed by atoms with van der Waals surface area (Å²) in [6.45, 7) is 0. The van der Waals surface area contributed by atoms with Gasteiger partial charge in [0, 0.05) is 21.5 Å². The van der Waals surface area contributed by atoms with Gasteiger partial charge in [-0.1, -0.05) is 146 Å². The summed E-state index contributed by atoms with van der Waals surface area (Å²) in [4.78, 5) is 0. The number of benzene rings is 9. The summed E-state index contributed by atoms with van der Waals surface area (Å²) in [5.74, 6) is 0. The fourth-order valence-electron chi connectivity index (χ4n) is 8.93. The molecule has 278 valence electrons. The fraction of sp³-hybridized carbons (Fsp3) is 0. The number of nitriles is 2. The first-order valence-electron chi connectivity index (χ1n) is 20.0. The molecule has 0 amide bonds. The Morgan fingerprint density at radius 2 is 0.517 bits per heavy atom. The van der Waals surface area contributed by atoms with Crippen LogP contribution >= 0.6 is 0 Å². The maximum Gasteiger partial charge on any atom is 0.101 e. The number of rotatable bonds is 6. The molecule has 0 unspecified atom stereocenters. The van der Waals surface area contributed by atoms with Gasteiger partial charge >= 0.3 is 0 Å². The summed E-state index contributed by atoms with van der Waals surface area (Å²) in [5.41, 5.74) is 15.3. The summed E-state index contributed by atoms with van der Waals surface area (Å²) < 4.78 is 4.56. The average Bonchev–Trinajstić information content (AvgIpc) is 3.83. The van der Waals surface area contributed by atoms with Gasteiger partial charge in [-0.3, -0.25) is 0 Å². The van der Waals surface area contributed by atoms with Crippen LogP contribution in [0.3, 0.4) is 0 Å². The van der Waals surface area contributed by atoms with Crippen LogP contribution in [0.1, 0.15) is 11.1 Å². The first-order chi connectivity index (χ1) is 29.7. The van der Waals surface area contributed by atoms with Gasteiger partial charge < -0.3 is 9.13 Å². The molecule has 0 fully saturated rings. The molecule has 0 aliphatic carbocycles. The molecule has 0 spiro atoms. The van der Waals surface area contributed by atoms with Crippen molar-refractivity contribution in [2.45, 2.75) is 0 Å². The lowest BCUT2D eigenvalue weighted by Gasteiger charge is -2.18. The van der Waals surface area contributed by atoms with Gasteiger partial charge in [-0.25, -0.2) is 0 Å². The lowest BCUT2D eigenvalue weighted by atomic mass is 10.0. The largest absolute Gasteiger partial charge is 0.307 e. The van der Waals surface area contributed by atoms with Gasteiger partial charge in [-0.2, -0.15) is 10.5 Å². The molecule has 2 heterocycles. The van der Waals surface area contributed by atoms with Crippen molar-refractivity contribution >= 4 is 43.6 Å². The maximum absolute atomic E-state index is 10.5. The highest BCUT2D eigenvalue weighted by Gasteiger charge is 2.23. The third-order valence-electron chi connectivity index (χ3n) is 11.8. The van der Waals surface area contributed by atoms with Gasteiger partial charge in [0.15, 0.2) is 0 Å². The first kappa shape index (κ1) is 34.8. The fourth-order valence-corrected chi connectivity index (χ4v) is 8.93. The van der Waals surface area contributed by atoms with Crippen molar-refractivity contribution in [2.24, 2.45) is 0 Å². The minimum Gasteiger partial charge on any atom is -0.307 e. The van der Waals surface area contributed by atoms with Gasteiger partial charge in [0.2, 0.25) is 0 Å². The Kier molecular flexibility index (Phi) is 8.22. The third-order valence-corrected chi connectivity index (χ3v) is 11.8. The van der Waals surface area contributed by atoms with Crippen molar-refractivity contribution in [3.63, 3.8) is 0 Å². The minimum atomic E-state index is 0.326. The summed E-state index contributed by atoms with van der Waals surface area (Å²) in [7, 11) is 0. The highest BCUT2D eigenvalue weighted by molar-refractivity contribution is 6.14. The van der Waals surface area contributed by atoms with Crippen LogP contribution < -0.4 is 0 Å². The zero-order chi connectivity index (χ0) is 40.2. The molecule has 4 nitrogen and oxygen atoms in total. The van der Waals surface area contributed by atoms with E-state index < -0.39 is 0 Å². The molecule has 0 N–H and O–H groups in total. The van der Waals surface area contributed by atoms with E-state index in [0.29, 0.717) is 11.1 Å². The van der Waals surface area contributed by atoms with Crippen LogP contribution in [0, 0.1) is 22.7 Å². The van der Waals surface area contributed by atoms with Gasteiger partial charge in [-0.15, -0.1) is 0 Å². The molecule has 0 atom stereocenters. The van der Waals surface area contributed by atoms with E-state index in [1.807, 2.05) is 36.4 Å². The molecule has 0 radical (unpaired) electrons. The van der Waals surface area contributed by atoms with Crippen LogP contribution in [0.2, 0.25) is 0 Å². The second-order valence-electron chi connectivity index (χ2n) is 15.2. The maximum atomic E-state index is 10.5.